The molecule has 21 heavy (non-hydrogen) atoms. The fourth-order valence-corrected chi connectivity index (χ4v) is 3.93. The Bertz CT molecular complexity index is 398. The standard InChI is InChI=1S/C17H30N4/c1-14(15-6-4-3-5-7-15)21-13-17(8-10-19-21)20-11-9-16(12-20)18-2/h8,10,13-16,18-19H,3-7,9,11-12H2,1-2H3/t14-,16+/m1/s1. The van der Waals surface area contributed by atoms with E-state index in [1.54, 1.807) is 0 Å². The molecular formula is C17H30N4. The number of hydrazine groups is 1. The van der Waals surface area contributed by atoms with E-state index in [0.29, 0.717) is 12.1 Å². The predicted octanol–water partition coefficient (Wildman–Crippen LogP) is 2.42. The highest BCUT2D eigenvalue weighted by molar-refractivity contribution is 5.21. The van der Waals surface area contributed by atoms with Crippen LogP contribution in [0.3, 0.4) is 0 Å². The average Bonchev–Trinajstić information content (AvgIpc) is 3.04. The number of hydrogen-bond donors (Lipinski definition) is 2. The molecule has 2 aliphatic heterocycles. The Morgan fingerprint density at radius 3 is 2.76 bits per heavy atom. The number of allylic oxidation sites excluding steroid dienone is 1. The van der Waals surface area contributed by atoms with E-state index < -0.39 is 0 Å². The summed E-state index contributed by atoms with van der Waals surface area (Å²) < 4.78 is 0. The van der Waals surface area contributed by atoms with Gasteiger partial charge in [-0.15, -0.1) is 0 Å². The second-order valence-corrected chi connectivity index (χ2v) is 6.78. The summed E-state index contributed by atoms with van der Waals surface area (Å²) in [5.74, 6) is 0.832. The van der Waals surface area contributed by atoms with Gasteiger partial charge >= 0.3 is 0 Å². The molecule has 2 fully saturated rings. The largest absolute Gasteiger partial charge is 0.369 e. The zero-order valence-corrected chi connectivity index (χ0v) is 13.5. The van der Waals surface area contributed by atoms with E-state index in [1.807, 2.05) is 0 Å². The highest BCUT2D eigenvalue weighted by Crippen LogP contribution is 2.29. The Morgan fingerprint density at radius 1 is 1.24 bits per heavy atom. The van der Waals surface area contributed by atoms with Gasteiger partial charge in [-0.3, -0.25) is 5.01 Å². The van der Waals surface area contributed by atoms with Gasteiger partial charge in [-0.1, -0.05) is 19.3 Å². The molecule has 0 aromatic heterocycles. The van der Waals surface area contributed by atoms with Crippen LogP contribution < -0.4 is 10.7 Å². The molecule has 0 unspecified atom stereocenters. The molecule has 1 aliphatic carbocycles. The molecule has 118 valence electrons. The molecule has 1 saturated carbocycles. The SMILES string of the molecule is CN[C@H]1CCN(C2=CN([C@H](C)C3CCCCC3)NC=C2)C1. The maximum absolute atomic E-state index is 3.43. The van der Waals surface area contributed by atoms with Gasteiger partial charge in [0.05, 0.1) is 5.70 Å². The molecule has 2 atom stereocenters. The molecule has 0 amide bonds. The van der Waals surface area contributed by atoms with Gasteiger partial charge in [-0.25, -0.2) is 0 Å². The van der Waals surface area contributed by atoms with Gasteiger partial charge in [0.2, 0.25) is 0 Å². The lowest BCUT2D eigenvalue weighted by Gasteiger charge is -2.38. The van der Waals surface area contributed by atoms with Crippen LogP contribution in [-0.2, 0) is 0 Å². The van der Waals surface area contributed by atoms with E-state index in [9.17, 15) is 0 Å². The first kappa shape index (κ1) is 14.8. The van der Waals surface area contributed by atoms with Gasteiger partial charge in [-0.2, -0.15) is 0 Å². The van der Waals surface area contributed by atoms with Crippen molar-refractivity contribution in [2.24, 2.45) is 5.92 Å². The molecule has 3 rings (SSSR count). The van der Waals surface area contributed by atoms with Crippen LogP contribution in [-0.4, -0.2) is 42.1 Å². The Balaban J connectivity index is 1.63. The molecule has 2 N–H and O–H groups in total. The van der Waals surface area contributed by atoms with Crippen LogP contribution in [0, 0.1) is 5.92 Å². The predicted molar refractivity (Wildman–Crippen MR) is 87.3 cm³/mol. The molecule has 1 saturated heterocycles. The Kier molecular flexibility index (Phi) is 4.73. The van der Waals surface area contributed by atoms with Crippen LogP contribution in [0.25, 0.3) is 0 Å². The highest BCUT2D eigenvalue weighted by Gasteiger charge is 2.27. The van der Waals surface area contributed by atoms with Crippen molar-refractivity contribution in [3.63, 3.8) is 0 Å². The monoisotopic (exact) mass is 290 g/mol. The topological polar surface area (TPSA) is 30.5 Å². The summed E-state index contributed by atoms with van der Waals surface area (Å²) in [5.41, 5.74) is 4.78. The molecule has 0 bridgehead atoms. The van der Waals surface area contributed by atoms with E-state index in [1.165, 1.54) is 44.2 Å². The van der Waals surface area contributed by atoms with Crippen LogP contribution in [0.5, 0.6) is 0 Å². The number of nitrogens with zero attached hydrogens (tertiary/aromatic N) is 2. The molecule has 0 aromatic carbocycles. The Hall–Kier alpha value is -1.16. The number of hydrogen-bond acceptors (Lipinski definition) is 4. The van der Waals surface area contributed by atoms with Gasteiger partial charge in [-0.05, 0) is 45.2 Å². The summed E-state index contributed by atoms with van der Waals surface area (Å²) in [6, 6.07) is 1.21. The van der Waals surface area contributed by atoms with Gasteiger partial charge in [0.25, 0.3) is 0 Å². The van der Waals surface area contributed by atoms with E-state index in [0.717, 1.165) is 19.0 Å². The first-order valence-corrected chi connectivity index (χ1v) is 8.63. The molecule has 0 radical (unpaired) electrons. The lowest BCUT2D eigenvalue weighted by Crippen LogP contribution is -2.44. The van der Waals surface area contributed by atoms with Crippen molar-refractivity contribution in [2.45, 2.75) is 57.5 Å². The molecule has 4 nitrogen and oxygen atoms in total. The van der Waals surface area contributed by atoms with E-state index >= 15 is 0 Å². The van der Waals surface area contributed by atoms with Crippen LogP contribution in [0.2, 0.25) is 0 Å². The molecular weight excluding hydrogens is 260 g/mol. The number of nitrogens with one attached hydrogen (secondary N) is 2. The molecule has 0 spiro atoms. The molecule has 3 aliphatic rings. The average molecular weight is 290 g/mol. The van der Waals surface area contributed by atoms with E-state index in [2.05, 4.69) is 53.1 Å². The fourth-order valence-electron chi connectivity index (χ4n) is 3.93. The van der Waals surface area contributed by atoms with Crippen LogP contribution >= 0.6 is 0 Å². The Labute approximate surface area is 129 Å². The first-order valence-electron chi connectivity index (χ1n) is 8.63. The third kappa shape index (κ3) is 3.37. The quantitative estimate of drug-likeness (QED) is 0.832. The second kappa shape index (κ2) is 6.73. The highest BCUT2D eigenvalue weighted by atomic mass is 15.5. The van der Waals surface area contributed by atoms with E-state index in [-0.39, 0.29) is 0 Å². The zero-order chi connectivity index (χ0) is 14.7. The molecule has 4 heteroatoms. The van der Waals surface area contributed by atoms with Crippen LogP contribution in [0.15, 0.2) is 24.2 Å². The van der Waals surface area contributed by atoms with Gasteiger partial charge < -0.3 is 15.6 Å². The summed E-state index contributed by atoms with van der Waals surface area (Å²) in [6.07, 6.45) is 14.9. The van der Waals surface area contributed by atoms with Crippen molar-refractivity contribution in [2.75, 3.05) is 20.1 Å². The Morgan fingerprint density at radius 2 is 2.05 bits per heavy atom. The third-order valence-corrected chi connectivity index (χ3v) is 5.48. The van der Waals surface area contributed by atoms with Crippen LogP contribution in [0.4, 0.5) is 0 Å². The van der Waals surface area contributed by atoms with Crippen molar-refractivity contribution < 1.29 is 0 Å². The van der Waals surface area contributed by atoms with Crippen molar-refractivity contribution >= 4 is 0 Å². The van der Waals surface area contributed by atoms with Crippen molar-refractivity contribution in [3.8, 4) is 0 Å². The zero-order valence-electron chi connectivity index (χ0n) is 13.5. The van der Waals surface area contributed by atoms with E-state index in [4.69, 9.17) is 0 Å². The fraction of sp³-hybridized carbons (Fsp3) is 0.765. The minimum Gasteiger partial charge on any atom is -0.369 e. The maximum atomic E-state index is 3.43. The summed E-state index contributed by atoms with van der Waals surface area (Å²) in [7, 11) is 2.07. The maximum Gasteiger partial charge on any atom is 0.0563 e. The van der Waals surface area contributed by atoms with Crippen LogP contribution in [0.1, 0.15) is 45.4 Å². The number of likely N-dealkylation sites (N-methyl/N-ethyl adjacent to an activating group) is 1. The third-order valence-electron chi connectivity index (χ3n) is 5.48. The summed E-state index contributed by atoms with van der Waals surface area (Å²) in [4.78, 5) is 2.50. The molecule has 2 heterocycles. The normalized spacial score (nSPS) is 28.5. The number of rotatable bonds is 4. The van der Waals surface area contributed by atoms with Gasteiger partial charge in [0.15, 0.2) is 0 Å². The van der Waals surface area contributed by atoms with Gasteiger partial charge in [0.1, 0.15) is 0 Å². The summed E-state index contributed by atoms with van der Waals surface area (Å²) in [5, 5.41) is 5.73. The van der Waals surface area contributed by atoms with Crippen molar-refractivity contribution in [1.29, 1.82) is 0 Å². The molecule has 0 aromatic rings. The minimum absolute atomic E-state index is 0.577. The minimum atomic E-state index is 0.577. The summed E-state index contributed by atoms with van der Waals surface area (Å²) in [6.45, 7) is 4.66. The van der Waals surface area contributed by atoms with Gasteiger partial charge in [0, 0.05) is 37.6 Å². The number of likely N-dealkylation sites (tertiary alicyclic amines) is 1. The lowest BCUT2D eigenvalue weighted by atomic mass is 9.84. The van der Waals surface area contributed by atoms with Crippen molar-refractivity contribution in [1.82, 2.24) is 20.7 Å². The first-order chi connectivity index (χ1) is 10.3. The summed E-state index contributed by atoms with van der Waals surface area (Å²) >= 11 is 0. The van der Waals surface area contributed by atoms with Crippen molar-refractivity contribution in [3.05, 3.63) is 24.2 Å². The smallest absolute Gasteiger partial charge is 0.0563 e. The lowest BCUT2D eigenvalue weighted by molar-refractivity contribution is 0.142. The second-order valence-electron chi connectivity index (χ2n) is 6.78.